The number of rotatable bonds is 2. The highest BCUT2D eigenvalue weighted by atomic mass is 16.4. The lowest BCUT2D eigenvalue weighted by molar-refractivity contribution is 0.348. The van der Waals surface area contributed by atoms with E-state index in [1.54, 1.807) is 0 Å². The zero-order valence-corrected chi connectivity index (χ0v) is 21.6. The largest absolute Gasteiger partial charge is 0.588 e. The Morgan fingerprint density at radius 1 is 0.488 bits per heavy atom. The van der Waals surface area contributed by atoms with Gasteiger partial charge in [0.05, 0.1) is 5.39 Å². The van der Waals surface area contributed by atoms with Crippen LogP contribution in [0.3, 0.4) is 0 Å². The molecule has 8 rings (SSSR count). The van der Waals surface area contributed by atoms with Crippen LogP contribution in [-0.2, 0) is 0 Å². The van der Waals surface area contributed by atoms with Crippen LogP contribution >= 0.6 is 0 Å². The number of benzene rings is 7. The summed E-state index contributed by atoms with van der Waals surface area (Å²) in [5.74, 6) is -2.24. The van der Waals surface area contributed by atoms with Crippen LogP contribution in [-0.4, -0.2) is 20.4 Å². The average Bonchev–Trinajstić information content (AvgIpc) is 3.40. The van der Waals surface area contributed by atoms with Gasteiger partial charge < -0.3 is 24.8 Å². The van der Waals surface area contributed by atoms with E-state index in [2.05, 4.69) is 78.9 Å². The van der Waals surface area contributed by atoms with Crippen molar-refractivity contribution >= 4 is 54.3 Å². The number of phenols is 3. The van der Waals surface area contributed by atoms with E-state index >= 15 is 0 Å². The van der Waals surface area contributed by atoms with Gasteiger partial charge in [-0.3, -0.25) is 0 Å². The number of fused-ring (bicyclic) bond motifs is 6. The molecule has 0 bridgehead atoms. The molecule has 0 saturated heterocycles. The Morgan fingerprint density at radius 2 is 1.02 bits per heavy atom. The van der Waals surface area contributed by atoms with Crippen molar-refractivity contribution in [2.45, 2.75) is 0 Å². The van der Waals surface area contributed by atoms with E-state index in [1.165, 1.54) is 16.3 Å². The number of hydrogen-bond donors (Lipinski definition) is 3. The first-order valence-corrected chi connectivity index (χ1v) is 13.3. The standard InChI is InChI=1S/C36H22O5/c37-32-31-27-16-15-22(18-28(27)41-36(31)35(40)34(39)33(32)38)30-25-11-5-3-9-23(25)29(24-10-4-6-12-26(24)30)21-14-13-19-7-1-2-8-20(19)17-21/h1-18,37-40H/p+1. The Balaban J connectivity index is 1.45. The molecule has 7 aromatic carbocycles. The van der Waals surface area contributed by atoms with Gasteiger partial charge in [0.2, 0.25) is 11.5 Å². The second kappa shape index (κ2) is 8.41. The van der Waals surface area contributed by atoms with Crippen LogP contribution in [0.2, 0.25) is 0 Å². The third-order valence-electron chi connectivity index (χ3n) is 8.10. The molecule has 0 aliphatic carbocycles. The van der Waals surface area contributed by atoms with Gasteiger partial charge in [-0.1, -0.05) is 91.0 Å². The normalized spacial score (nSPS) is 11.8. The van der Waals surface area contributed by atoms with E-state index in [4.69, 9.17) is 9.52 Å². The molecular formula is C36H23O5+. The predicted molar refractivity (Wildman–Crippen MR) is 165 cm³/mol. The number of hydrogen-bond acceptors (Lipinski definition) is 4. The van der Waals surface area contributed by atoms with Gasteiger partial charge in [-0.25, -0.2) is 0 Å². The lowest BCUT2D eigenvalue weighted by Crippen LogP contribution is -1.91. The fourth-order valence-corrected chi connectivity index (χ4v) is 6.21. The monoisotopic (exact) mass is 535 g/mol. The van der Waals surface area contributed by atoms with E-state index in [1.807, 2.05) is 30.3 Å². The number of phenolic OH excluding ortho intramolecular Hbond substituents is 3. The minimum absolute atomic E-state index is 0.0514. The highest BCUT2D eigenvalue weighted by Gasteiger charge is 2.27. The van der Waals surface area contributed by atoms with Gasteiger partial charge in [0.1, 0.15) is 5.58 Å². The Kier molecular flexibility index (Phi) is 4.76. The molecule has 0 fully saturated rings. The first-order valence-electron chi connectivity index (χ1n) is 13.3. The van der Waals surface area contributed by atoms with Crippen LogP contribution in [0.1, 0.15) is 0 Å². The van der Waals surface area contributed by atoms with Gasteiger partial charge in [-0.05, 0) is 72.8 Å². The van der Waals surface area contributed by atoms with Gasteiger partial charge in [0, 0.05) is 5.39 Å². The van der Waals surface area contributed by atoms with Crippen molar-refractivity contribution in [2.75, 3.05) is 0 Å². The summed E-state index contributed by atoms with van der Waals surface area (Å²) in [4.78, 5) is 0. The lowest BCUT2D eigenvalue weighted by atomic mass is 9.85. The van der Waals surface area contributed by atoms with Crippen LogP contribution in [0.25, 0.3) is 76.5 Å². The molecular weight excluding hydrogens is 512 g/mol. The summed E-state index contributed by atoms with van der Waals surface area (Å²) in [6.07, 6.45) is 0. The molecule has 5 nitrogen and oxygen atoms in total. The predicted octanol–water partition coefficient (Wildman–Crippen LogP) is 8.93. The van der Waals surface area contributed by atoms with Crippen molar-refractivity contribution in [3.8, 4) is 45.3 Å². The molecule has 0 spiro atoms. The number of aromatic hydroxyl groups is 3. The van der Waals surface area contributed by atoms with E-state index in [-0.39, 0.29) is 11.0 Å². The fourth-order valence-electron chi connectivity index (χ4n) is 6.21. The summed E-state index contributed by atoms with van der Waals surface area (Å²) >= 11 is 0. The molecule has 0 aliphatic rings. The third-order valence-corrected chi connectivity index (χ3v) is 8.10. The van der Waals surface area contributed by atoms with E-state index in [0.29, 0.717) is 11.0 Å². The quantitative estimate of drug-likeness (QED) is 0.0891. The van der Waals surface area contributed by atoms with Crippen molar-refractivity contribution < 1.29 is 24.8 Å². The minimum atomic E-state index is -0.712. The second-order valence-corrected chi connectivity index (χ2v) is 10.3. The van der Waals surface area contributed by atoms with E-state index in [9.17, 15) is 15.3 Å². The summed E-state index contributed by atoms with van der Waals surface area (Å²) in [6.45, 7) is 0. The Labute approximate surface area is 233 Å². The fraction of sp³-hybridized carbons (Fsp3) is 0. The third kappa shape index (κ3) is 3.23. The first kappa shape index (κ1) is 23.2. The summed E-state index contributed by atoms with van der Waals surface area (Å²) in [7, 11) is 0. The van der Waals surface area contributed by atoms with Crippen molar-refractivity contribution in [3.05, 3.63) is 109 Å². The zero-order chi connectivity index (χ0) is 27.8. The maximum atomic E-state index is 10.6. The molecule has 41 heavy (non-hydrogen) atoms. The maximum Gasteiger partial charge on any atom is 0.344 e. The molecule has 1 aromatic heterocycles. The molecule has 0 saturated carbocycles. The van der Waals surface area contributed by atoms with Crippen molar-refractivity contribution in [1.82, 2.24) is 0 Å². The summed E-state index contributed by atoms with van der Waals surface area (Å²) in [6, 6.07) is 37.4. The molecule has 0 atom stereocenters. The van der Waals surface area contributed by atoms with Crippen LogP contribution in [0.15, 0.2) is 114 Å². The summed E-state index contributed by atoms with van der Waals surface area (Å²) in [5, 5.41) is 46.7. The van der Waals surface area contributed by atoms with Crippen LogP contribution in [0, 0.1) is 0 Å². The molecule has 0 unspecified atom stereocenters. The van der Waals surface area contributed by atoms with E-state index < -0.39 is 23.0 Å². The SMILES string of the molecule is Oc1c([OH2+])c(O)c2c(oc3cc(-c4c5ccccc5c(-c5ccc6ccccc6c5)c5ccccc45)ccc32)c1O. The van der Waals surface area contributed by atoms with Gasteiger partial charge in [-0.15, -0.1) is 0 Å². The molecule has 0 amide bonds. The second-order valence-electron chi connectivity index (χ2n) is 10.3. The topological polar surface area (TPSA) is 96.7 Å². The molecule has 1 heterocycles. The molecule has 0 aliphatic heterocycles. The van der Waals surface area contributed by atoms with Gasteiger partial charge in [0.15, 0.2) is 5.58 Å². The van der Waals surface area contributed by atoms with Crippen molar-refractivity contribution in [2.24, 2.45) is 0 Å². The molecule has 0 radical (unpaired) electrons. The van der Waals surface area contributed by atoms with Crippen LogP contribution < -0.4 is 0 Å². The minimum Gasteiger partial charge on any atom is -0.588 e. The summed E-state index contributed by atoms with van der Waals surface area (Å²) < 4.78 is 5.97. The average molecular weight is 536 g/mol. The Bertz CT molecular complexity index is 2310. The van der Waals surface area contributed by atoms with Gasteiger partial charge in [-0.2, -0.15) is 0 Å². The van der Waals surface area contributed by atoms with Crippen LogP contribution in [0.4, 0.5) is 0 Å². The maximum absolute atomic E-state index is 10.6. The lowest BCUT2D eigenvalue weighted by Gasteiger charge is -2.18. The molecule has 5 heteroatoms. The highest BCUT2D eigenvalue weighted by Crippen LogP contribution is 2.52. The Hall–Kier alpha value is -5.68. The first-order chi connectivity index (χ1) is 20.0. The van der Waals surface area contributed by atoms with Gasteiger partial charge in [0.25, 0.3) is 5.75 Å². The van der Waals surface area contributed by atoms with Crippen molar-refractivity contribution in [1.29, 1.82) is 0 Å². The Morgan fingerprint density at radius 3 is 1.66 bits per heavy atom. The molecule has 196 valence electrons. The molecule has 5 N–H and O–H groups in total. The highest BCUT2D eigenvalue weighted by molar-refractivity contribution is 6.22. The zero-order valence-electron chi connectivity index (χ0n) is 21.6. The smallest absolute Gasteiger partial charge is 0.344 e. The number of furan rings is 1. The van der Waals surface area contributed by atoms with Gasteiger partial charge >= 0.3 is 5.75 Å². The molecule has 8 aromatic rings. The van der Waals surface area contributed by atoms with Crippen LogP contribution in [0.5, 0.6) is 23.0 Å². The van der Waals surface area contributed by atoms with E-state index in [0.717, 1.165) is 38.2 Å². The summed E-state index contributed by atoms with van der Waals surface area (Å²) in [5.41, 5.74) is 4.64. The van der Waals surface area contributed by atoms with Crippen molar-refractivity contribution in [3.63, 3.8) is 0 Å².